The molecule has 0 spiro atoms. The second-order valence-corrected chi connectivity index (χ2v) is 6.36. The minimum atomic E-state index is -0.901. The quantitative estimate of drug-likeness (QED) is 0.889. The molecule has 0 saturated carbocycles. The first-order chi connectivity index (χ1) is 12.0. The van der Waals surface area contributed by atoms with Crippen LogP contribution >= 0.6 is 0 Å². The largest absolute Gasteiger partial charge is 0.348 e. The standard InChI is InChI=1S/C19H23F2N3O/c1-3-14(4-2)22-19(25)24-11-10-23-9-5-6-17(23)18(24)13-7-8-15(20)16(21)12-13/h5-9,12,14,18H,3-4,10-11H2,1-2H3,(H,22,25). The average Bonchev–Trinajstić information content (AvgIpc) is 3.09. The molecule has 3 rings (SSSR count). The third-order valence-electron chi connectivity index (χ3n) is 4.87. The summed E-state index contributed by atoms with van der Waals surface area (Å²) in [4.78, 5) is 14.5. The number of nitrogens with one attached hydrogen (secondary N) is 1. The smallest absolute Gasteiger partial charge is 0.318 e. The van der Waals surface area contributed by atoms with Crippen LogP contribution in [0.3, 0.4) is 0 Å². The molecule has 6 heteroatoms. The van der Waals surface area contributed by atoms with Crippen molar-refractivity contribution in [3.63, 3.8) is 0 Å². The Bertz CT molecular complexity index is 755. The van der Waals surface area contributed by atoms with Crippen molar-refractivity contribution in [1.82, 2.24) is 14.8 Å². The van der Waals surface area contributed by atoms with Crippen molar-refractivity contribution in [2.45, 2.75) is 45.3 Å². The molecule has 1 N–H and O–H groups in total. The summed E-state index contributed by atoms with van der Waals surface area (Å²) in [5, 5.41) is 3.04. The van der Waals surface area contributed by atoms with E-state index in [0.717, 1.165) is 24.6 Å². The van der Waals surface area contributed by atoms with E-state index in [1.165, 1.54) is 6.07 Å². The molecule has 2 heterocycles. The summed E-state index contributed by atoms with van der Waals surface area (Å²) in [6.07, 6.45) is 3.64. The van der Waals surface area contributed by atoms with Crippen molar-refractivity contribution in [3.05, 3.63) is 59.4 Å². The number of amides is 2. The minimum Gasteiger partial charge on any atom is -0.348 e. The Morgan fingerprint density at radius 2 is 1.96 bits per heavy atom. The maximum absolute atomic E-state index is 13.8. The van der Waals surface area contributed by atoms with Gasteiger partial charge in [0.05, 0.1) is 6.04 Å². The van der Waals surface area contributed by atoms with E-state index >= 15 is 0 Å². The molecule has 1 unspecified atom stereocenters. The number of aromatic nitrogens is 1. The van der Waals surface area contributed by atoms with Gasteiger partial charge in [0.1, 0.15) is 0 Å². The predicted molar refractivity (Wildman–Crippen MR) is 92.2 cm³/mol. The van der Waals surface area contributed by atoms with Crippen molar-refractivity contribution < 1.29 is 13.6 Å². The number of hydrogen-bond donors (Lipinski definition) is 1. The summed E-state index contributed by atoms with van der Waals surface area (Å²) in [5.74, 6) is -1.79. The Balaban J connectivity index is 1.96. The molecule has 0 radical (unpaired) electrons. The maximum atomic E-state index is 13.8. The van der Waals surface area contributed by atoms with Gasteiger partial charge in [0.15, 0.2) is 11.6 Å². The summed E-state index contributed by atoms with van der Waals surface area (Å²) in [7, 11) is 0. The zero-order valence-electron chi connectivity index (χ0n) is 14.5. The first-order valence-corrected chi connectivity index (χ1v) is 8.72. The van der Waals surface area contributed by atoms with Crippen LogP contribution in [0.15, 0.2) is 36.5 Å². The van der Waals surface area contributed by atoms with Crippen molar-refractivity contribution in [2.75, 3.05) is 6.54 Å². The topological polar surface area (TPSA) is 37.3 Å². The second-order valence-electron chi connectivity index (χ2n) is 6.36. The van der Waals surface area contributed by atoms with Gasteiger partial charge >= 0.3 is 6.03 Å². The van der Waals surface area contributed by atoms with Gasteiger partial charge < -0.3 is 14.8 Å². The summed E-state index contributed by atoms with van der Waals surface area (Å²) in [6, 6.07) is 7.16. The molecule has 25 heavy (non-hydrogen) atoms. The van der Waals surface area contributed by atoms with Crippen LogP contribution in [0.25, 0.3) is 0 Å². The number of urea groups is 1. The number of nitrogens with zero attached hydrogens (tertiary/aromatic N) is 2. The third kappa shape index (κ3) is 3.38. The number of carbonyl (C=O) groups is 1. The molecule has 2 aromatic rings. The van der Waals surface area contributed by atoms with Gasteiger partial charge in [-0.05, 0) is 42.7 Å². The molecule has 0 aliphatic carbocycles. The van der Waals surface area contributed by atoms with Gasteiger partial charge in [-0.2, -0.15) is 0 Å². The van der Waals surface area contributed by atoms with Gasteiger partial charge in [-0.3, -0.25) is 0 Å². The summed E-state index contributed by atoms with van der Waals surface area (Å²) < 4.78 is 29.2. The van der Waals surface area contributed by atoms with E-state index in [9.17, 15) is 13.6 Å². The van der Waals surface area contributed by atoms with Gasteiger partial charge in [0.25, 0.3) is 0 Å². The molecule has 1 aromatic heterocycles. The van der Waals surface area contributed by atoms with Crippen LogP contribution in [0.2, 0.25) is 0 Å². The van der Waals surface area contributed by atoms with Crippen LogP contribution in [-0.4, -0.2) is 28.1 Å². The Morgan fingerprint density at radius 3 is 2.64 bits per heavy atom. The van der Waals surface area contributed by atoms with E-state index < -0.39 is 17.7 Å². The van der Waals surface area contributed by atoms with E-state index in [1.807, 2.05) is 36.7 Å². The Labute approximate surface area is 146 Å². The zero-order valence-corrected chi connectivity index (χ0v) is 14.5. The highest BCUT2D eigenvalue weighted by Gasteiger charge is 2.33. The number of benzene rings is 1. The lowest BCUT2D eigenvalue weighted by atomic mass is 10.00. The summed E-state index contributed by atoms with van der Waals surface area (Å²) in [6.45, 7) is 5.25. The number of hydrogen-bond acceptors (Lipinski definition) is 1. The van der Waals surface area contributed by atoms with Gasteiger partial charge in [-0.15, -0.1) is 0 Å². The van der Waals surface area contributed by atoms with Crippen LogP contribution < -0.4 is 5.32 Å². The molecule has 1 atom stereocenters. The SMILES string of the molecule is CCC(CC)NC(=O)N1CCn2cccc2C1c1ccc(F)c(F)c1. The fourth-order valence-electron chi connectivity index (χ4n) is 3.39. The zero-order chi connectivity index (χ0) is 18.0. The van der Waals surface area contributed by atoms with Crippen LogP contribution in [-0.2, 0) is 6.54 Å². The highest BCUT2D eigenvalue weighted by molar-refractivity contribution is 5.76. The van der Waals surface area contributed by atoms with Gasteiger partial charge in [0, 0.05) is 31.0 Å². The van der Waals surface area contributed by atoms with Crippen molar-refractivity contribution in [3.8, 4) is 0 Å². The van der Waals surface area contributed by atoms with Gasteiger partial charge in [0.2, 0.25) is 0 Å². The third-order valence-corrected chi connectivity index (χ3v) is 4.87. The van der Waals surface area contributed by atoms with Crippen LogP contribution in [0.4, 0.5) is 13.6 Å². The predicted octanol–water partition coefficient (Wildman–Crippen LogP) is 4.07. The lowest BCUT2D eigenvalue weighted by molar-refractivity contribution is 0.164. The molecule has 1 aromatic carbocycles. The minimum absolute atomic E-state index is 0.104. The van der Waals surface area contributed by atoms with E-state index in [2.05, 4.69) is 5.32 Å². The highest BCUT2D eigenvalue weighted by Crippen LogP contribution is 2.33. The normalized spacial score (nSPS) is 16.8. The number of fused-ring (bicyclic) bond motifs is 1. The van der Waals surface area contributed by atoms with Crippen LogP contribution in [0.1, 0.15) is 44.0 Å². The first kappa shape index (κ1) is 17.5. The Morgan fingerprint density at radius 1 is 1.20 bits per heavy atom. The van der Waals surface area contributed by atoms with Crippen molar-refractivity contribution >= 4 is 6.03 Å². The molecular formula is C19H23F2N3O. The van der Waals surface area contributed by atoms with E-state index in [0.29, 0.717) is 18.7 Å². The highest BCUT2D eigenvalue weighted by atomic mass is 19.2. The molecule has 2 amide bonds. The second kappa shape index (κ2) is 7.25. The molecule has 0 fully saturated rings. The molecular weight excluding hydrogens is 324 g/mol. The lowest BCUT2D eigenvalue weighted by Crippen LogP contribution is -2.49. The summed E-state index contributed by atoms with van der Waals surface area (Å²) >= 11 is 0. The van der Waals surface area contributed by atoms with Crippen molar-refractivity contribution in [1.29, 1.82) is 0 Å². The van der Waals surface area contributed by atoms with Gasteiger partial charge in [-0.1, -0.05) is 19.9 Å². The fourth-order valence-corrected chi connectivity index (χ4v) is 3.39. The molecule has 4 nitrogen and oxygen atoms in total. The van der Waals surface area contributed by atoms with Crippen LogP contribution in [0.5, 0.6) is 0 Å². The number of carbonyl (C=O) groups excluding carboxylic acids is 1. The maximum Gasteiger partial charge on any atom is 0.318 e. The molecule has 1 aliphatic rings. The molecule has 1 aliphatic heterocycles. The molecule has 0 saturated heterocycles. The average molecular weight is 347 g/mol. The lowest BCUT2D eigenvalue weighted by Gasteiger charge is -2.38. The van der Waals surface area contributed by atoms with E-state index in [4.69, 9.17) is 0 Å². The van der Waals surface area contributed by atoms with Crippen LogP contribution in [0, 0.1) is 11.6 Å². The monoisotopic (exact) mass is 347 g/mol. The van der Waals surface area contributed by atoms with Gasteiger partial charge in [-0.25, -0.2) is 13.6 Å². The molecule has 0 bridgehead atoms. The van der Waals surface area contributed by atoms with Crippen molar-refractivity contribution in [2.24, 2.45) is 0 Å². The van der Waals surface area contributed by atoms with E-state index in [-0.39, 0.29) is 12.1 Å². The Hall–Kier alpha value is -2.37. The van der Waals surface area contributed by atoms with E-state index in [1.54, 1.807) is 11.0 Å². The fraction of sp³-hybridized carbons (Fsp3) is 0.421. The Kier molecular flexibility index (Phi) is 5.06. The summed E-state index contributed by atoms with van der Waals surface area (Å²) in [5.41, 5.74) is 1.47. The number of rotatable bonds is 4. The molecule has 134 valence electrons. The number of halogens is 2. The first-order valence-electron chi connectivity index (χ1n) is 8.72.